The Balaban J connectivity index is 3.07. The van der Waals surface area contributed by atoms with Crippen molar-refractivity contribution in [3.8, 4) is 0 Å². The number of ether oxygens (including phenoxy) is 1. The van der Waals surface area contributed by atoms with Crippen molar-refractivity contribution in [3.63, 3.8) is 0 Å². The quantitative estimate of drug-likeness (QED) is 0.0725. The third-order valence-corrected chi connectivity index (χ3v) is 23.8. The molecule has 0 bridgehead atoms. The number of carbonyl (C=O) groups excluding carboxylic acids is 3. The van der Waals surface area contributed by atoms with E-state index in [-0.39, 0.29) is 59.6 Å². The normalized spacial score (nSPS) is 13.2. The minimum absolute atomic E-state index is 0.00873. The molecule has 1 aromatic carbocycles. The summed E-state index contributed by atoms with van der Waals surface area (Å²) in [6.07, 6.45) is 1.41. The minimum Gasteiger partial charge on any atom is -0.461 e. The topological polar surface area (TPSA) is 118 Å². The van der Waals surface area contributed by atoms with Crippen molar-refractivity contribution in [3.05, 3.63) is 35.9 Å². The molecule has 0 aliphatic rings. The Morgan fingerprint density at radius 2 is 1.29 bits per heavy atom. The van der Waals surface area contributed by atoms with Gasteiger partial charge in [-0.25, -0.2) is 0 Å². The largest absolute Gasteiger partial charge is 0.461 e. The van der Waals surface area contributed by atoms with Gasteiger partial charge in [0.15, 0.2) is 25.0 Å². The molecule has 51 heavy (non-hydrogen) atoms. The molecule has 2 N–H and O–H groups in total. The van der Waals surface area contributed by atoms with Gasteiger partial charge in [0.2, 0.25) is 11.8 Å². The van der Waals surface area contributed by atoms with Crippen molar-refractivity contribution < 1.29 is 32.8 Å². The van der Waals surface area contributed by atoms with E-state index in [4.69, 9.17) is 13.6 Å². The molecule has 294 valence electrons. The van der Waals surface area contributed by atoms with E-state index in [9.17, 15) is 19.2 Å². The van der Waals surface area contributed by atoms with Gasteiger partial charge in [0, 0.05) is 32.8 Å². The zero-order chi connectivity index (χ0) is 39.3. The molecule has 0 heterocycles. The van der Waals surface area contributed by atoms with Gasteiger partial charge in [-0.05, 0) is 72.8 Å². The van der Waals surface area contributed by atoms with Gasteiger partial charge < -0.3 is 33.5 Å². The third kappa shape index (κ3) is 16.8. The molecule has 2 amide bonds. The fraction of sp³-hybridized carbons (Fsp3) is 0.763. The fourth-order valence-corrected chi connectivity index (χ4v) is 7.37. The van der Waals surface area contributed by atoms with Crippen LogP contribution in [0, 0.1) is 0 Å². The molecule has 0 aliphatic carbocycles. The van der Waals surface area contributed by atoms with E-state index in [1.165, 1.54) is 0 Å². The maximum absolute atomic E-state index is 14.0. The van der Waals surface area contributed by atoms with Gasteiger partial charge >= 0.3 is 5.97 Å². The lowest BCUT2D eigenvalue weighted by Crippen LogP contribution is -2.49. The number of amides is 2. The van der Waals surface area contributed by atoms with E-state index in [0.717, 1.165) is 12.0 Å². The van der Waals surface area contributed by atoms with Crippen molar-refractivity contribution >= 4 is 42.7 Å². The lowest BCUT2D eigenvalue weighted by molar-refractivity contribution is -0.146. The Hall–Kier alpha value is -1.88. The summed E-state index contributed by atoms with van der Waals surface area (Å²) in [6, 6.07) is 9.49. The van der Waals surface area contributed by atoms with Crippen LogP contribution in [-0.4, -0.2) is 110 Å². The molecule has 0 radical (unpaired) electrons. The molecule has 0 unspecified atom stereocenters. The summed E-state index contributed by atoms with van der Waals surface area (Å²) in [5.74, 6) is -0.804. The Labute approximate surface area is 313 Å². The highest BCUT2D eigenvalue weighted by atomic mass is 28.4. The number of benzene rings is 1. The summed E-state index contributed by atoms with van der Waals surface area (Å²) in [7, 11) is -6.42. The zero-order valence-electron chi connectivity index (χ0n) is 34.7. The second kappa shape index (κ2) is 20.0. The Morgan fingerprint density at radius 3 is 1.82 bits per heavy atom. The number of hydrogen-bond acceptors (Lipinski definition) is 8. The molecule has 0 spiro atoms. The maximum atomic E-state index is 14.0. The molecule has 10 nitrogen and oxygen atoms in total. The zero-order valence-corrected chi connectivity index (χ0v) is 37.7. The van der Waals surface area contributed by atoms with E-state index in [1.807, 2.05) is 43.4 Å². The van der Waals surface area contributed by atoms with Gasteiger partial charge in [0.25, 0.3) is 0 Å². The Morgan fingerprint density at radius 1 is 0.745 bits per heavy atom. The van der Waals surface area contributed by atoms with Gasteiger partial charge in [-0.3, -0.25) is 14.4 Å². The summed E-state index contributed by atoms with van der Waals surface area (Å²) in [4.78, 5) is 54.5. The van der Waals surface area contributed by atoms with Crippen LogP contribution in [-0.2, 0) is 34.6 Å². The van der Waals surface area contributed by atoms with Crippen molar-refractivity contribution in [1.29, 1.82) is 0 Å². The standard InChI is InChI=1S/C38H73N3O7Si3/c1-36(2,3)50(11,12)47-27-23-39-29-33(42)41(24-18-22-38(7,8)49(9,10)45)30-34(43)40(26-28-48-51(13,14)37(4,5)6)25-21-35(44)46-31-32-19-16-15-17-20-32/h15-17,19-20,39,45H,18,21-31H2,1-14H3. The highest BCUT2D eigenvalue weighted by Crippen LogP contribution is 2.40. The second-order valence-electron chi connectivity index (χ2n) is 18.0. The molecule has 1 rings (SSSR count). The molecule has 0 aromatic heterocycles. The lowest BCUT2D eigenvalue weighted by Gasteiger charge is -2.37. The van der Waals surface area contributed by atoms with Crippen LogP contribution in [0.5, 0.6) is 0 Å². The predicted molar refractivity (Wildman–Crippen MR) is 216 cm³/mol. The molecule has 0 fully saturated rings. The van der Waals surface area contributed by atoms with Gasteiger partial charge in [-0.15, -0.1) is 0 Å². The number of nitrogens with zero attached hydrogens (tertiary/aromatic N) is 2. The molecular weight excluding hydrogens is 695 g/mol. The average Bonchev–Trinajstić information content (AvgIpc) is 2.99. The molecule has 0 atom stereocenters. The summed E-state index contributed by atoms with van der Waals surface area (Å²) in [5, 5.41) is 3.08. The van der Waals surface area contributed by atoms with Crippen LogP contribution in [0.15, 0.2) is 30.3 Å². The first-order chi connectivity index (χ1) is 23.2. The summed E-state index contributed by atoms with van der Waals surface area (Å²) < 4.78 is 18.2. The van der Waals surface area contributed by atoms with Crippen LogP contribution >= 0.6 is 0 Å². The van der Waals surface area contributed by atoms with E-state index >= 15 is 0 Å². The van der Waals surface area contributed by atoms with Crippen molar-refractivity contribution in [2.75, 3.05) is 52.5 Å². The van der Waals surface area contributed by atoms with Crippen LogP contribution in [0.25, 0.3) is 0 Å². The first-order valence-corrected chi connectivity index (χ1v) is 27.4. The first kappa shape index (κ1) is 47.1. The van der Waals surface area contributed by atoms with Gasteiger partial charge in [-0.2, -0.15) is 0 Å². The van der Waals surface area contributed by atoms with Crippen molar-refractivity contribution in [1.82, 2.24) is 15.1 Å². The van der Waals surface area contributed by atoms with Gasteiger partial charge in [0.1, 0.15) is 6.61 Å². The van der Waals surface area contributed by atoms with Crippen molar-refractivity contribution in [2.24, 2.45) is 0 Å². The monoisotopic (exact) mass is 767 g/mol. The SMILES string of the molecule is CC(C)(CCCN(CC(=O)N(CCO[Si](C)(C)C(C)(C)C)CCC(=O)OCc1ccccc1)C(=O)CNCCO[Si](C)(C)C(C)(C)C)[Si](C)(C)O. The number of rotatable bonds is 22. The van der Waals surface area contributed by atoms with Crippen molar-refractivity contribution in [2.45, 2.75) is 136 Å². The summed E-state index contributed by atoms with van der Waals surface area (Å²) in [6.45, 7) is 32.2. The summed E-state index contributed by atoms with van der Waals surface area (Å²) >= 11 is 0. The third-order valence-electron chi connectivity index (χ3n) is 11.2. The van der Waals surface area contributed by atoms with E-state index in [2.05, 4.69) is 86.9 Å². The van der Waals surface area contributed by atoms with E-state index in [0.29, 0.717) is 39.3 Å². The second-order valence-corrected chi connectivity index (χ2v) is 32.1. The molecule has 1 aromatic rings. The fourth-order valence-electron chi connectivity index (χ4n) is 4.50. The molecule has 0 saturated carbocycles. The van der Waals surface area contributed by atoms with Crippen LogP contribution < -0.4 is 5.32 Å². The van der Waals surface area contributed by atoms with Crippen LogP contribution in [0.1, 0.15) is 80.2 Å². The van der Waals surface area contributed by atoms with E-state index in [1.54, 1.807) is 9.80 Å². The van der Waals surface area contributed by atoms with Gasteiger partial charge in [-0.1, -0.05) is 85.7 Å². The molecule has 13 heteroatoms. The predicted octanol–water partition coefficient (Wildman–Crippen LogP) is 7.17. The number of esters is 1. The Kier molecular flexibility index (Phi) is 18.5. The highest BCUT2D eigenvalue weighted by Gasteiger charge is 2.39. The van der Waals surface area contributed by atoms with Crippen LogP contribution in [0.4, 0.5) is 0 Å². The highest BCUT2D eigenvalue weighted by molar-refractivity contribution is 6.74. The number of hydrogen-bond donors (Lipinski definition) is 2. The van der Waals surface area contributed by atoms with Crippen LogP contribution in [0.3, 0.4) is 0 Å². The molecule has 0 aliphatic heterocycles. The molecule has 0 saturated heterocycles. The average molecular weight is 768 g/mol. The van der Waals surface area contributed by atoms with Gasteiger partial charge in [0.05, 0.1) is 26.1 Å². The smallest absolute Gasteiger partial charge is 0.307 e. The number of nitrogens with one attached hydrogen (secondary N) is 1. The lowest BCUT2D eigenvalue weighted by atomic mass is 10.1. The maximum Gasteiger partial charge on any atom is 0.307 e. The minimum atomic E-state index is -2.44. The van der Waals surface area contributed by atoms with E-state index < -0.39 is 30.9 Å². The first-order valence-electron chi connectivity index (χ1n) is 18.7. The van der Waals surface area contributed by atoms with Crippen LogP contribution in [0.2, 0.25) is 54.4 Å². The summed E-state index contributed by atoms with van der Waals surface area (Å²) in [5.41, 5.74) is 0.895. The molecular formula is C38H73N3O7Si3. The number of carbonyl (C=O) groups is 3. The Bertz CT molecular complexity index is 1220.